The first-order valence-corrected chi connectivity index (χ1v) is 9.11. The van der Waals surface area contributed by atoms with Gasteiger partial charge in [0, 0.05) is 4.83 Å². The maximum atomic E-state index is 11.7. The van der Waals surface area contributed by atoms with E-state index in [1.165, 1.54) is 5.56 Å². The molecule has 0 heterocycles. The highest BCUT2D eigenvalue weighted by Gasteiger charge is 2.58. The first kappa shape index (κ1) is 17.0. The number of hydrogen-bond acceptors (Lipinski definition) is 1. The molecule has 2 rings (SSSR count). The molecule has 1 aliphatic carbocycles. The summed E-state index contributed by atoms with van der Waals surface area (Å²) in [4.78, 5) is 12.1. The lowest BCUT2D eigenvalue weighted by atomic mass is 9.65. The highest BCUT2D eigenvalue weighted by molar-refractivity contribution is 9.12. The van der Waals surface area contributed by atoms with E-state index in [1.54, 1.807) is 0 Å². The normalized spacial score (nSPS) is 30.8. The number of hydrogen-bond donors (Lipinski definition) is 1. The van der Waals surface area contributed by atoms with Crippen molar-refractivity contribution < 1.29 is 9.90 Å². The van der Waals surface area contributed by atoms with Gasteiger partial charge in [-0.05, 0) is 36.7 Å². The van der Waals surface area contributed by atoms with Gasteiger partial charge in [0.05, 0.1) is 10.2 Å². The van der Waals surface area contributed by atoms with Crippen molar-refractivity contribution in [3.8, 4) is 0 Å². The smallest absolute Gasteiger partial charge is 0.309 e. The van der Waals surface area contributed by atoms with E-state index in [0.717, 1.165) is 12.8 Å². The van der Waals surface area contributed by atoms with Crippen molar-refractivity contribution in [1.29, 1.82) is 0 Å². The van der Waals surface area contributed by atoms with Crippen molar-refractivity contribution in [2.75, 3.05) is 0 Å². The third-order valence-corrected chi connectivity index (χ3v) is 8.53. The average molecular weight is 418 g/mol. The SMILES string of the molecule is CC1(C)[C@H]([C@H](Br)[C@H](Br)c2ccccc2)CC[C@@]1(C)C(=O)O. The average Bonchev–Trinajstić information content (AvgIpc) is 2.70. The molecule has 4 atom stereocenters. The zero-order chi connectivity index (χ0) is 15.8. The molecule has 0 saturated heterocycles. The minimum Gasteiger partial charge on any atom is -0.481 e. The van der Waals surface area contributed by atoms with E-state index in [2.05, 4.69) is 57.8 Å². The molecular formula is C17H22Br2O2. The molecule has 0 radical (unpaired) electrons. The van der Waals surface area contributed by atoms with E-state index in [1.807, 2.05) is 25.1 Å². The van der Waals surface area contributed by atoms with Crippen LogP contribution in [-0.4, -0.2) is 15.9 Å². The van der Waals surface area contributed by atoms with Crippen LogP contribution in [0.5, 0.6) is 0 Å². The van der Waals surface area contributed by atoms with E-state index >= 15 is 0 Å². The van der Waals surface area contributed by atoms with Crippen LogP contribution in [0.1, 0.15) is 44.0 Å². The van der Waals surface area contributed by atoms with Gasteiger partial charge in [0.15, 0.2) is 0 Å². The number of carboxylic acids is 1. The topological polar surface area (TPSA) is 37.3 Å². The van der Waals surface area contributed by atoms with Gasteiger partial charge in [-0.1, -0.05) is 76.0 Å². The molecule has 1 aromatic rings. The molecule has 1 saturated carbocycles. The van der Waals surface area contributed by atoms with Gasteiger partial charge in [-0.2, -0.15) is 0 Å². The van der Waals surface area contributed by atoms with E-state index in [9.17, 15) is 9.90 Å². The lowest BCUT2D eigenvalue weighted by Crippen LogP contribution is -2.43. The fourth-order valence-electron chi connectivity index (χ4n) is 3.50. The van der Waals surface area contributed by atoms with Crippen molar-refractivity contribution in [1.82, 2.24) is 0 Å². The van der Waals surface area contributed by atoms with Crippen LogP contribution in [0.3, 0.4) is 0 Å². The predicted octanol–water partition coefficient (Wildman–Crippen LogP) is 5.41. The summed E-state index contributed by atoms with van der Waals surface area (Å²) in [5.41, 5.74) is 0.306. The van der Waals surface area contributed by atoms with Crippen LogP contribution in [0, 0.1) is 16.7 Å². The number of rotatable bonds is 4. The Kier molecular flexibility index (Phi) is 4.89. The summed E-state index contributed by atoms with van der Waals surface area (Å²) >= 11 is 7.64. The number of aliphatic carboxylic acids is 1. The Balaban J connectivity index is 2.25. The molecule has 1 fully saturated rings. The zero-order valence-electron chi connectivity index (χ0n) is 12.6. The molecular weight excluding hydrogens is 396 g/mol. The highest BCUT2D eigenvalue weighted by Crippen LogP contribution is 2.60. The van der Waals surface area contributed by atoms with Crippen molar-refractivity contribution >= 4 is 37.8 Å². The van der Waals surface area contributed by atoms with E-state index in [-0.39, 0.29) is 15.1 Å². The Labute approximate surface area is 143 Å². The first-order valence-electron chi connectivity index (χ1n) is 7.28. The van der Waals surface area contributed by atoms with Gasteiger partial charge in [-0.15, -0.1) is 0 Å². The Bertz CT molecular complexity index is 515. The van der Waals surface area contributed by atoms with Crippen molar-refractivity contribution in [2.24, 2.45) is 16.7 Å². The van der Waals surface area contributed by atoms with Gasteiger partial charge in [-0.3, -0.25) is 4.79 Å². The quantitative estimate of drug-likeness (QED) is 0.664. The second kappa shape index (κ2) is 6.04. The van der Waals surface area contributed by atoms with E-state index < -0.39 is 11.4 Å². The fraction of sp³-hybridized carbons (Fsp3) is 0.588. The summed E-state index contributed by atoms with van der Waals surface area (Å²) < 4.78 is 0. The standard InChI is InChI=1S/C17H22Br2O2/c1-16(2)12(9-10-17(16,3)15(20)21)14(19)13(18)11-7-5-4-6-8-11/h4-8,12-14H,9-10H2,1-3H3,(H,20,21)/t12-,13+,14-,17-/m0/s1. The molecule has 116 valence electrons. The van der Waals surface area contributed by atoms with Crippen LogP contribution in [0.25, 0.3) is 0 Å². The van der Waals surface area contributed by atoms with Gasteiger partial charge >= 0.3 is 5.97 Å². The molecule has 21 heavy (non-hydrogen) atoms. The molecule has 0 bridgehead atoms. The lowest BCUT2D eigenvalue weighted by Gasteiger charge is -2.41. The number of benzene rings is 1. The lowest BCUT2D eigenvalue weighted by molar-refractivity contribution is -0.154. The van der Waals surface area contributed by atoms with Gasteiger partial charge in [-0.25, -0.2) is 0 Å². The molecule has 0 amide bonds. The molecule has 0 aliphatic heterocycles. The number of carboxylic acid groups (broad SMARTS) is 1. The zero-order valence-corrected chi connectivity index (χ0v) is 15.8. The van der Waals surface area contributed by atoms with Crippen LogP contribution in [0.2, 0.25) is 0 Å². The van der Waals surface area contributed by atoms with Gasteiger partial charge in [0.25, 0.3) is 0 Å². The van der Waals surface area contributed by atoms with Gasteiger partial charge in [0.2, 0.25) is 0 Å². The minimum absolute atomic E-state index is 0.180. The molecule has 1 N–H and O–H groups in total. The predicted molar refractivity (Wildman–Crippen MR) is 93.1 cm³/mol. The largest absolute Gasteiger partial charge is 0.481 e. The van der Waals surface area contributed by atoms with Crippen molar-refractivity contribution in [3.05, 3.63) is 35.9 Å². The maximum Gasteiger partial charge on any atom is 0.309 e. The Morgan fingerprint density at radius 3 is 2.29 bits per heavy atom. The summed E-state index contributed by atoms with van der Waals surface area (Å²) in [5, 5.41) is 9.64. The van der Waals surface area contributed by atoms with Gasteiger partial charge < -0.3 is 5.11 Å². The molecule has 0 unspecified atom stereocenters. The summed E-state index contributed by atoms with van der Waals surface area (Å²) in [7, 11) is 0. The van der Waals surface area contributed by atoms with E-state index in [0.29, 0.717) is 5.92 Å². The van der Waals surface area contributed by atoms with Crippen LogP contribution >= 0.6 is 31.9 Å². The fourth-order valence-corrected chi connectivity index (χ4v) is 5.40. The molecule has 0 aromatic heterocycles. The summed E-state index contributed by atoms with van der Waals surface area (Å²) in [6, 6.07) is 10.3. The Morgan fingerprint density at radius 1 is 1.24 bits per heavy atom. The number of alkyl halides is 2. The molecule has 2 nitrogen and oxygen atoms in total. The van der Waals surface area contributed by atoms with Crippen LogP contribution in [0.4, 0.5) is 0 Å². The first-order chi connectivity index (χ1) is 9.72. The van der Waals surface area contributed by atoms with Gasteiger partial charge in [0.1, 0.15) is 0 Å². The molecule has 1 aromatic carbocycles. The van der Waals surface area contributed by atoms with Crippen LogP contribution in [0.15, 0.2) is 30.3 Å². The third kappa shape index (κ3) is 2.81. The van der Waals surface area contributed by atoms with Crippen molar-refractivity contribution in [3.63, 3.8) is 0 Å². The van der Waals surface area contributed by atoms with Crippen LogP contribution in [-0.2, 0) is 4.79 Å². The summed E-state index contributed by atoms with van der Waals surface area (Å²) in [5.74, 6) is -0.372. The second-order valence-electron chi connectivity index (χ2n) is 6.76. The minimum atomic E-state index is -0.680. The molecule has 0 spiro atoms. The van der Waals surface area contributed by atoms with Crippen molar-refractivity contribution in [2.45, 2.75) is 43.3 Å². The summed E-state index contributed by atoms with van der Waals surface area (Å²) in [6.07, 6.45) is 1.66. The third-order valence-electron chi connectivity index (χ3n) is 5.56. The Hall–Kier alpha value is -0.350. The Morgan fingerprint density at radius 2 is 1.81 bits per heavy atom. The number of halogens is 2. The van der Waals surface area contributed by atoms with E-state index in [4.69, 9.17) is 0 Å². The maximum absolute atomic E-state index is 11.7. The highest BCUT2D eigenvalue weighted by atomic mass is 79.9. The second-order valence-corrected chi connectivity index (χ2v) is 8.80. The number of carbonyl (C=O) groups is 1. The monoisotopic (exact) mass is 416 g/mol. The summed E-state index contributed by atoms with van der Waals surface area (Å²) in [6.45, 7) is 6.08. The van der Waals surface area contributed by atoms with Crippen LogP contribution < -0.4 is 0 Å². The molecule has 1 aliphatic rings. The molecule has 4 heteroatoms.